The first-order valence-corrected chi connectivity index (χ1v) is 13.4. The van der Waals surface area contributed by atoms with E-state index < -0.39 is 0 Å². The van der Waals surface area contributed by atoms with Crippen LogP contribution >= 0.6 is 15.9 Å². The Balaban J connectivity index is 1.58. The lowest BCUT2D eigenvalue weighted by Gasteiger charge is -2.22. The molecular formula is C30H27BrN4O3. The summed E-state index contributed by atoms with van der Waals surface area (Å²) in [5.41, 5.74) is 2.43. The van der Waals surface area contributed by atoms with E-state index in [9.17, 15) is 10.1 Å². The summed E-state index contributed by atoms with van der Waals surface area (Å²) < 4.78 is 14.0. The molecule has 0 saturated heterocycles. The van der Waals surface area contributed by atoms with Crippen molar-refractivity contribution in [3.05, 3.63) is 98.0 Å². The fourth-order valence-corrected chi connectivity index (χ4v) is 5.35. The van der Waals surface area contributed by atoms with Gasteiger partial charge in [-0.05, 0) is 43.2 Å². The van der Waals surface area contributed by atoms with Crippen molar-refractivity contribution in [2.24, 2.45) is 5.10 Å². The zero-order chi connectivity index (χ0) is 26.5. The summed E-state index contributed by atoms with van der Waals surface area (Å²) in [7, 11) is 1.57. The molecule has 7 nitrogen and oxygen atoms in total. The zero-order valence-corrected chi connectivity index (χ0v) is 22.6. The van der Waals surface area contributed by atoms with Gasteiger partial charge in [0.1, 0.15) is 12.4 Å². The molecule has 3 aromatic carbocycles. The lowest BCUT2D eigenvalue weighted by molar-refractivity contribution is 0.283. The molecule has 192 valence electrons. The molecule has 0 radical (unpaired) electrons. The Labute approximate surface area is 229 Å². The van der Waals surface area contributed by atoms with E-state index >= 15 is 0 Å². The van der Waals surface area contributed by atoms with Gasteiger partial charge >= 0.3 is 0 Å². The first-order valence-electron chi connectivity index (χ1n) is 12.6. The molecule has 0 unspecified atom stereocenters. The number of fused-ring (bicyclic) bond motifs is 1. The van der Waals surface area contributed by atoms with E-state index in [1.54, 1.807) is 31.5 Å². The van der Waals surface area contributed by atoms with E-state index in [2.05, 4.69) is 27.1 Å². The van der Waals surface area contributed by atoms with Gasteiger partial charge in [0.05, 0.1) is 35.9 Å². The minimum absolute atomic E-state index is 0.174. The van der Waals surface area contributed by atoms with Crippen LogP contribution in [0.4, 0.5) is 0 Å². The lowest BCUT2D eigenvalue weighted by Crippen LogP contribution is -2.25. The number of hydrogen-bond donors (Lipinski definition) is 0. The standard InChI is InChI=1S/C30H27BrN4O3/c1-37-27-16-24(31)15-23(28(27)38-19-22-12-6-5-11-21(22)17-32)18-33-35-29(20-9-3-2-4-10-20)34-26-14-8-7-13-25(26)30(35)36/h5-8,11-16,18,20H,2-4,9-10,19H2,1H3. The van der Waals surface area contributed by atoms with E-state index in [0.29, 0.717) is 39.4 Å². The predicted octanol–water partition coefficient (Wildman–Crippen LogP) is 6.55. The van der Waals surface area contributed by atoms with Crippen molar-refractivity contribution in [2.45, 2.75) is 44.6 Å². The van der Waals surface area contributed by atoms with Crippen molar-refractivity contribution in [3.63, 3.8) is 0 Å². The third kappa shape index (κ3) is 5.34. The smallest absolute Gasteiger partial charge is 0.282 e. The number of aromatic nitrogens is 2. The molecule has 1 aromatic heterocycles. The molecule has 8 heteroatoms. The van der Waals surface area contributed by atoms with E-state index in [0.717, 1.165) is 35.7 Å². The minimum atomic E-state index is -0.195. The minimum Gasteiger partial charge on any atom is -0.493 e. The molecule has 0 bridgehead atoms. The Kier molecular flexibility index (Phi) is 7.85. The predicted molar refractivity (Wildman–Crippen MR) is 151 cm³/mol. The highest BCUT2D eigenvalue weighted by Gasteiger charge is 2.22. The zero-order valence-electron chi connectivity index (χ0n) is 21.1. The average Bonchev–Trinajstić information content (AvgIpc) is 2.96. The van der Waals surface area contributed by atoms with Crippen molar-refractivity contribution in [3.8, 4) is 17.6 Å². The molecule has 0 atom stereocenters. The number of benzene rings is 3. The molecule has 0 aliphatic heterocycles. The van der Waals surface area contributed by atoms with Gasteiger partial charge < -0.3 is 9.47 Å². The Morgan fingerprint density at radius 3 is 2.68 bits per heavy atom. The van der Waals surface area contributed by atoms with Gasteiger partial charge in [-0.1, -0.05) is 65.5 Å². The summed E-state index contributed by atoms with van der Waals surface area (Å²) in [4.78, 5) is 18.5. The molecule has 38 heavy (non-hydrogen) atoms. The SMILES string of the molecule is COc1cc(Br)cc(C=Nn2c(C3CCCCC3)nc3ccccc3c2=O)c1OCc1ccccc1C#N. The lowest BCUT2D eigenvalue weighted by atomic mass is 9.88. The first kappa shape index (κ1) is 25.7. The monoisotopic (exact) mass is 570 g/mol. The quantitative estimate of drug-likeness (QED) is 0.235. The molecule has 1 saturated carbocycles. The third-order valence-electron chi connectivity index (χ3n) is 6.84. The normalized spacial score (nSPS) is 14.0. The molecular weight excluding hydrogens is 544 g/mol. The van der Waals surface area contributed by atoms with Gasteiger partial charge in [0, 0.05) is 21.5 Å². The number of nitrogens with zero attached hydrogens (tertiary/aromatic N) is 4. The van der Waals surface area contributed by atoms with Gasteiger partial charge in [-0.3, -0.25) is 4.79 Å². The van der Waals surface area contributed by atoms with E-state index in [-0.39, 0.29) is 18.1 Å². The van der Waals surface area contributed by atoms with Crippen molar-refractivity contribution >= 4 is 33.0 Å². The van der Waals surface area contributed by atoms with Crippen molar-refractivity contribution in [1.29, 1.82) is 5.26 Å². The molecule has 0 amide bonds. The highest BCUT2D eigenvalue weighted by molar-refractivity contribution is 9.10. The summed E-state index contributed by atoms with van der Waals surface area (Å²) in [6, 6.07) is 20.6. The maximum Gasteiger partial charge on any atom is 0.282 e. The Morgan fingerprint density at radius 2 is 1.89 bits per heavy atom. The average molecular weight is 571 g/mol. The molecule has 1 aliphatic rings. The van der Waals surface area contributed by atoms with Crippen LogP contribution in [-0.4, -0.2) is 23.0 Å². The molecule has 4 aromatic rings. The maximum atomic E-state index is 13.6. The van der Waals surface area contributed by atoms with Gasteiger partial charge in [-0.15, -0.1) is 0 Å². The van der Waals surface area contributed by atoms with Crippen LogP contribution < -0.4 is 15.0 Å². The molecule has 0 N–H and O–H groups in total. The number of halogens is 1. The second kappa shape index (κ2) is 11.6. The second-order valence-electron chi connectivity index (χ2n) is 9.27. The maximum absolute atomic E-state index is 13.6. The van der Waals surface area contributed by atoms with E-state index in [4.69, 9.17) is 14.5 Å². The van der Waals surface area contributed by atoms with Crippen LogP contribution in [0.2, 0.25) is 0 Å². The van der Waals surface area contributed by atoms with E-state index in [1.165, 1.54) is 11.1 Å². The van der Waals surface area contributed by atoms with Gasteiger partial charge in [0.15, 0.2) is 11.5 Å². The van der Waals surface area contributed by atoms with E-state index in [1.807, 2.05) is 42.5 Å². The third-order valence-corrected chi connectivity index (χ3v) is 7.30. The first-order chi connectivity index (χ1) is 18.6. The van der Waals surface area contributed by atoms with Crippen LogP contribution in [0.1, 0.15) is 60.5 Å². The molecule has 5 rings (SSSR count). The summed E-state index contributed by atoms with van der Waals surface area (Å²) in [5, 5.41) is 14.7. The summed E-state index contributed by atoms with van der Waals surface area (Å²) >= 11 is 3.54. The fraction of sp³-hybridized carbons (Fsp3) is 0.267. The summed E-state index contributed by atoms with van der Waals surface area (Å²) in [6.07, 6.45) is 7.01. The van der Waals surface area contributed by atoms with Crippen LogP contribution in [0.15, 0.2) is 75.0 Å². The van der Waals surface area contributed by atoms with Crippen LogP contribution in [0, 0.1) is 11.3 Å². The van der Waals surface area contributed by atoms with Crippen LogP contribution in [-0.2, 0) is 6.61 Å². The van der Waals surface area contributed by atoms with Crippen LogP contribution in [0.25, 0.3) is 10.9 Å². The van der Waals surface area contributed by atoms with Crippen LogP contribution in [0.3, 0.4) is 0 Å². The van der Waals surface area contributed by atoms with Gasteiger partial charge in [0.2, 0.25) is 0 Å². The van der Waals surface area contributed by atoms with Crippen molar-refractivity contribution in [1.82, 2.24) is 9.66 Å². The Bertz CT molecular complexity index is 1600. The molecule has 1 aliphatic carbocycles. The molecule has 1 fully saturated rings. The Hall–Kier alpha value is -3.96. The number of methoxy groups -OCH3 is 1. The number of nitriles is 1. The molecule has 1 heterocycles. The fourth-order valence-electron chi connectivity index (χ4n) is 4.89. The van der Waals surface area contributed by atoms with Gasteiger partial charge in [-0.25, -0.2) is 4.98 Å². The topological polar surface area (TPSA) is 89.5 Å². The van der Waals surface area contributed by atoms with Crippen molar-refractivity contribution < 1.29 is 9.47 Å². The van der Waals surface area contributed by atoms with Crippen molar-refractivity contribution in [2.75, 3.05) is 7.11 Å². The Morgan fingerprint density at radius 1 is 1.13 bits per heavy atom. The van der Waals surface area contributed by atoms with Gasteiger partial charge in [0.25, 0.3) is 5.56 Å². The number of ether oxygens (including phenoxy) is 2. The highest BCUT2D eigenvalue weighted by atomic mass is 79.9. The number of para-hydroxylation sites is 1. The van der Waals surface area contributed by atoms with Crippen LogP contribution in [0.5, 0.6) is 11.5 Å². The molecule has 0 spiro atoms. The second-order valence-corrected chi connectivity index (χ2v) is 10.2. The summed E-state index contributed by atoms with van der Waals surface area (Å²) in [5.74, 6) is 1.84. The largest absolute Gasteiger partial charge is 0.493 e. The van der Waals surface area contributed by atoms with Gasteiger partial charge in [-0.2, -0.15) is 15.0 Å². The number of rotatable bonds is 7. The summed E-state index contributed by atoms with van der Waals surface area (Å²) in [6.45, 7) is 0.174. The highest BCUT2D eigenvalue weighted by Crippen LogP contribution is 2.35. The number of hydrogen-bond acceptors (Lipinski definition) is 6.